The van der Waals surface area contributed by atoms with Gasteiger partial charge in [-0.3, -0.25) is 9.59 Å². The molecular formula is C17H17NO5. The van der Waals surface area contributed by atoms with Crippen molar-refractivity contribution in [1.82, 2.24) is 5.32 Å². The fourth-order valence-corrected chi connectivity index (χ4v) is 3.87. The van der Waals surface area contributed by atoms with Crippen LogP contribution in [-0.2, 0) is 16.1 Å². The highest BCUT2D eigenvalue weighted by Gasteiger charge is 2.51. The molecule has 1 amide bonds. The molecule has 0 spiro atoms. The minimum Gasteiger partial charge on any atom is -0.481 e. The Morgan fingerprint density at radius 3 is 2.65 bits per heavy atom. The molecule has 2 bridgehead atoms. The first-order valence-electron chi connectivity index (χ1n) is 7.71. The molecule has 1 aliphatic heterocycles. The molecule has 120 valence electrons. The van der Waals surface area contributed by atoms with Crippen molar-refractivity contribution in [3.63, 3.8) is 0 Å². The number of carboxylic acid groups (broad SMARTS) is 1. The minimum absolute atomic E-state index is 0.0150. The summed E-state index contributed by atoms with van der Waals surface area (Å²) >= 11 is 0. The van der Waals surface area contributed by atoms with Gasteiger partial charge in [-0.1, -0.05) is 18.2 Å². The van der Waals surface area contributed by atoms with Crippen LogP contribution in [0, 0.1) is 23.7 Å². The molecular weight excluding hydrogens is 298 g/mol. The molecule has 1 saturated carbocycles. The van der Waals surface area contributed by atoms with Crippen molar-refractivity contribution in [2.24, 2.45) is 23.7 Å². The minimum atomic E-state index is -0.884. The van der Waals surface area contributed by atoms with Gasteiger partial charge in [0.2, 0.25) is 12.7 Å². The van der Waals surface area contributed by atoms with E-state index in [1.165, 1.54) is 0 Å². The van der Waals surface area contributed by atoms with E-state index in [2.05, 4.69) is 5.32 Å². The van der Waals surface area contributed by atoms with Gasteiger partial charge in [-0.2, -0.15) is 0 Å². The molecule has 1 heterocycles. The van der Waals surface area contributed by atoms with E-state index < -0.39 is 17.8 Å². The largest absolute Gasteiger partial charge is 0.481 e. The van der Waals surface area contributed by atoms with E-state index in [1.54, 1.807) is 0 Å². The maximum absolute atomic E-state index is 12.5. The Balaban J connectivity index is 1.44. The highest BCUT2D eigenvalue weighted by Crippen LogP contribution is 2.48. The molecule has 0 aromatic heterocycles. The van der Waals surface area contributed by atoms with Gasteiger partial charge in [0.25, 0.3) is 0 Å². The van der Waals surface area contributed by atoms with Crippen molar-refractivity contribution >= 4 is 11.9 Å². The Bertz CT molecular complexity index is 698. The lowest BCUT2D eigenvalue weighted by Gasteiger charge is -2.23. The van der Waals surface area contributed by atoms with E-state index in [0.29, 0.717) is 18.0 Å². The second kappa shape index (κ2) is 5.30. The van der Waals surface area contributed by atoms with Crippen molar-refractivity contribution in [3.8, 4) is 11.5 Å². The van der Waals surface area contributed by atoms with E-state index >= 15 is 0 Å². The Hall–Kier alpha value is -2.50. The summed E-state index contributed by atoms with van der Waals surface area (Å²) in [6.07, 6.45) is 4.68. The summed E-state index contributed by atoms with van der Waals surface area (Å²) < 4.78 is 10.6. The Labute approximate surface area is 133 Å². The number of carbonyl (C=O) groups excluding carboxylic acids is 1. The van der Waals surface area contributed by atoms with E-state index in [0.717, 1.165) is 12.0 Å². The number of carbonyl (C=O) groups is 2. The summed E-state index contributed by atoms with van der Waals surface area (Å²) in [6, 6.07) is 5.51. The Kier molecular flexibility index (Phi) is 3.25. The third-order valence-corrected chi connectivity index (χ3v) is 4.95. The lowest BCUT2D eigenvalue weighted by Crippen LogP contribution is -2.39. The van der Waals surface area contributed by atoms with Gasteiger partial charge in [0.05, 0.1) is 11.8 Å². The Morgan fingerprint density at radius 1 is 1.13 bits per heavy atom. The summed E-state index contributed by atoms with van der Waals surface area (Å²) in [7, 11) is 0. The molecule has 4 rings (SSSR count). The fraction of sp³-hybridized carbons (Fsp3) is 0.412. The lowest BCUT2D eigenvalue weighted by molar-refractivity contribution is -0.147. The number of ether oxygens (including phenoxy) is 2. The van der Waals surface area contributed by atoms with Crippen LogP contribution in [0.3, 0.4) is 0 Å². The monoisotopic (exact) mass is 315 g/mol. The number of carboxylic acids is 1. The summed E-state index contributed by atoms with van der Waals surface area (Å²) in [4.78, 5) is 24.0. The van der Waals surface area contributed by atoms with Crippen LogP contribution in [0.5, 0.6) is 11.5 Å². The van der Waals surface area contributed by atoms with Crippen LogP contribution in [-0.4, -0.2) is 23.8 Å². The first-order chi connectivity index (χ1) is 11.1. The Morgan fingerprint density at radius 2 is 1.87 bits per heavy atom. The number of allylic oxidation sites excluding steroid dienone is 2. The highest BCUT2D eigenvalue weighted by atomic mass is 16.7. The summed E-state index contributed by atoms with van der Waals surface area (Å²) in [5, 5.41) is 12.3. The highest BCUT2D eigenvalue weighted by molar-refractivity contribution is 5.86. The van der Waals surface area contributed by atoms with E-state index in [1.807, 2.05) is 30.4 Å². The zero-order valence-corrected chi connectivity index (χ0v) is 12.4. The number of benzene rings is 1. The van der Waals surface area contributed by atoms with Crippen molar-refractivity contribution in [1.29, 1.82) is 0 Å². The molecule has 1 aromatic rings. The summed E-state index contributed by atoms with van der Waals surface area (Å²) in [5.74, 6) is -0.765. The van der Waals surface area contributed by atoms with Gasteiger partial charge < -0.3 is 19.9 Å². The van der Waals surface area contributed by atoms with Gasteiger partial charge in [-0.05, 0) is 36.0 Å². The van der Waals surface area contributed by atoms with Gasteiger partial charge >= 0.3 is 5.97 Å². The molecule has 0 saturated heterocycles. The van der Waals surface area contributed by atoms with Crippen LogP contribution in [0.15, 0.2) is 30.4 Å². The summed E-state index contributed by atoms with van der Waals surface area (Å²) in [6.45, 7) is 0.558. The average Bonchev–Trinajstić information content (AvgIpc) is 3.25. The summed E-state index contributed by atoms with van der Waals surface area (Å²) in [5.41, 5.74) is 0.896. The normalized spacial score (nSPS) is 29.7. The zero-order valence-electron chi connectivity index (χ0n) is 12.4. The average molecular weight is 315 g/mol. The van der Waals surface area contributed by atoms with E-state index in [-0.39, 0.29) is 24.5 Å². The van der Waals surface area contributed by atoms with Gasteiger partial charge in [-0.25, -0.2) is 0 Å². The molecule has 0 unspecified atom stereocenters. The standard InChI is InChI=1S/C17H17NO5/c19-16(14-10-2-3-11(6-10)15(14)17(20)21)18-7-9-1-4-12-13(5-9)23-8-22-12/h1-5,10-11,14-15H,6-8H2,(H,18,19)(H,20,21)/t10-,11+,14+,15-/m1/s1. The topological polar surface area (TPSA) is 84.9 Å². The molecule has 0 radical (unpaired) electrons. The van der Waals surface area contributed by atoms with Gasteiger partial charge in [0, 0.05) is 6.54 Å². The number of hydrogen-bond acceptors (Lipinski definition) is 4. The molecule has 3 aliphatic rings. The lowest BCUT2D eigenvalue weighted by atomic mass is 9.82. The van der Waals surface area contributed by atoms with Crippen LogP contribution in [0.2, 0.25) is 0 Å². The fourth-order valence-electron chi connectivity index (χ4n) is 3.87. The van der Waals surface area contributed by atoms with Crippen LogP contribution >= 0.6 is 0 Å². The van der Waals surface area contributed by atoms with E-state index in [9.17, 15) is 14.7 Å². The van der Waals surface area contributed by atoms with Gasteiger partial charge in [0.15, 0.2) is 11.5 Å². The molecule has 23 heavy (non-hydrogen) atoms. The van der Waals surface area contributed by atoms with Gasteiger partial charge in [-0.15, -0.1) is 0 Å². The number of fused-ring (bicyclic) bond motifs is 3. The smallest absolute Gasteiger partial charge is 0.307 e. The zero-order chi connectivity index (χ0) is 16.0. The van der Waals surface area contributed by atoms with Crippen LogP contribution in [0.1, 0.15) is 12.0 Å². The van der Waals surface area contributed by atoms with Gasteiger partial charge in [0.1, 0.15) is 0 Å². The third-order valence-electron chi connectivity index (χ3n) is 4.95. The predicted octanol–water partition coefficient (Wildman–Crippen LogP) is 1.55. The van der Waals surface area contributed by atoms with Crippen molar-refractivity contribution in [3.05, 3.63) is 35.9 Å². The quantitative estimate of drug-likeness (QED) is 0.824. The number of nitrogens with one attached hydrogen (secondary N) is 1. The van der Waals surface area contributed by atoms with Crippen LogP contribution in [0.4, 0.5) is 0 Å². The molecule has 1 fully saturated rings. The number of amides is 1. The number of hydrogen-bond donors (Lipinski definition) is 2. The SMILES string of the molecule is O=C(NCc1ccc2c(c1)OCO2)[C@@H]1[C@H](C(=O)O)[C@H]2C=C[C@@H]1C2. The molecule has 4 atom stereocenters. The first kappa shape index (κ1) is 14.1. The third kappa shape index (κ3) is 2.34. The number of rotatable bonds is 4. The molecule has 6 nitrogen and oxygen atoms in total. The van der Waals surface area contributed by atoms with Crippen molar-refractivity contribution in [2.45, 2.75) is 13.0 Å². The maximum Gasteiger partial charge on any atom is 0.307 e. The predicted molar refractivity (Wildman–Crippen MR) is 79.8 cm³/mol. The first-order valence-corrected chi connectivity index (χ1v) is 7.71. The number of aliphatic carboxylic acids is 1. The second-order valence-corrected chi connectivity index (χ2v) is 6.24. The van der Waals surface area contributed by atoms with Crippen LogP contribution in [0.25, 0.3) is 0 Å². The second-order valence-electron chi connectivity index (χ2n) is 6.24. The van der Waals surface area contributed by atoms with Crippen molar-refractivity contribution < 1.29 is 24.2 Å². The molecule has 6 heteroatoms. The molecule has 2 aliphatic carbocycles. The molecule has 1 aromatic carbocycles. The maximum atomic E-state index is 12.5. The molecule has 2 N–H and O–H groups in total. The van der Waals surface area contributed by atoms with Crippen molar-refractivity contribution in [2.75, 3.05) is 6.79 Å². The van der Waals surface area contributed by atoms with Crippen LogP contribution < -0.4 is 14.8 Å². The van der Waals surface area contributed by atoms with E-state index in [4.69, 9.17) is 9.47 Å².